The van der Waals surface area contributed by atoms with E-state index in [1.165, 1.54) is 11.1 Å². The van der Waals surface area contributed by atoms with Crippen LogP contribution in [0.3, 0.4) is 0 Å². The van der Waals surface area contributed by atoms with Crippen LogP contribution in [0.5, 0.6) is 11.5 Å². The van der Waals surface area contributed by atoms with E-state index in [4.69, 9.17) is 9.47 Å². The van der Waals surface area contributed by atoms with Crippen LogP contribution in [0.1, 0.15) is 31.4 Å². The maximum Gasteiger partial charge on any atom is 0.124 e. The van der Waals surface area contributed by atoms with Crippen LogP contribution in [-0.4, -0.2) is 40.9 Å². The fraction of sp³-hybridized carbons (Fsp3) is 0.370. The van der Waals surface area contributed by atoms with E-state index in [0.717, 1.165) is 60.1 Å². The molecule has 1 aromatic heterocycles. The zero-order chi connectivity index (χ0) is 22.1. The highest BCUT2D eigenvalue weighted by Gasteiger charge is 2.30. The molecule has 3 heterocycles. The number of rotatable bonds is 6. The molecule has 1 saturated heterocycles. The number of hydrogen-bond acceptors (Lipinski definition) is 5. The fourth-order valence-electron chi connectivity index (χ4n) is 4.39. The molecule has 0 spiro atoms. The number of benzene rings is 2. The van der Waals surface area contributed by atoms with Crippen molar-refractivity contribution < 1.29 is 9.47 Å². The number of pyridine rings is 1. The van der Waals surface area contributed by atoms with Crippen molar-refractivity contribution in [2.75, 3.05) is 19.3 Å². The van der Waals surface area contributed by atoms with Crippen molar-refractivity contribution >= 4 is 11.8 Å². The van der Waals surface area contributed by atoms with Crippen LogP contribution in [0.2, 0.25) is 0 Å². The third-order valence-electron chi connectivity index (χ3n) is 6.27. The number of fused-ring (bicyclic) bond motifs is 1. The van der Waals surface area contributed by atoms with E-state index in [9.17, 15) is 0 Å². The number of likely N-dealkylation sites (tertiary alicyclic amines) is 1. The first-order valence-electron chi connectivity index (χ1n) is 11.3. The molecule has 2 aromatic carbocycles. The third kappa shape index (κ3) is 4.79. The lowest BCUT2D eigenvalue weighted by molar-refractivity contribution is 0.0145. The van der Waals surface area contributed by atoms with Gasteiger partial charge in [0, 0.05) is 31.4 Å². The van der Waals surface area contributed by atoms with Gasteiger partial charge in [-0.25, -0.2) is 4.98 Å². The Kier molecular flexibility index (Phi) is 5.87. The summed E-state index contributed by atoms with van der Waals surface area (Å²) >= 11 is 1.66. The molecule has 2 aliphatic heterocycles. The average Bonchev–Trinajstić information content (AvgIpc) is 2.78. The Morgan fingerprint density at radius 1 is 1.06 bits per heavy atom. The van der Waals surface area contributed by atoms with Crippen molar-refractivity contribution in [3.63, 3.8) is 0 Å². The first-order valence-corrected chi connectivity index (χ1v) is 12.5. The van der Waals surface area contributed by atoms with Gasteiger partial charge < -0.3 is 9.47 Å². The Bertz CT molecular complexity index is 1070. The molecule has 0 radical (unpaired) electrons. The minimum Gasteiger partial charge on any atom is -0.488 e. The average molecular weight is 447 g/mol. The van der Waals surface area contributed by atoms with Gasteiger partial charge in [-0.1, -0.05) is 30.3 Å². The lowest BCUT2D eigenvalue weighted by Crippen LogP contribution is -2.53. The molecule has 0 amide bonds. The molecular weight excluding hydrogens is 416 g/mol. The number of hydrogen-bond donors (Lipinski definition) is 0. The number of ether oxygens (including phenoxy) is 2. The number of aromatic nitrogens is 1. The van der Waals surface area contributed by atoms with E-state index >= 15 is 0 Å². The quantitative estimate of drug-likeness (QED) is 0.445. The molecule has 5 rings (SSSR count). The van der Waals surface area contributed by atoms with Gasteiger partial charge in [0.15, 0.2) is 0 Å². The van der Waals surface area contributed by atoms with Crippen molar-refractivity contribution in [1.29, 1.82) is 0 Å². The summed E-state index contributed by atoms with van der Waals surface area (Å²) in [6, 6.07) is 19.2. The van der Waals surface area contributed by atoms with Crippen molar-refractivity contribution in [3.8, 4) is 22.6 Å². The Labute approximate surface area is 195 Å². The largest absolute Gasteiger partial charge is 0.488 e. The second-order valence-electron chi connectivity index (χ2n) is 9.35. The first kappa shape index (κ1) is 21.4. The van der Waals surface area contributed by atoms with E-state index in [0.29, 0.717) is 0 Å². The van der Waals surface area contributed by atoms with Crippen molar-refractivity contribution in [1.82, 2.24) is 9.88 Å². The molecule has 2 aliphatic rings. The zero-order valence-electron chi connectivity index (χ0n) is 19.0. The van der Waals surface area contributed by atoms with Gasteiger partial charge in [0.2, 0.25) is 0 Å². The third-order valence-corrected chi connectivity index (χ3v) is 6.93. The van der Waals surface area contributed by atoms with Crippen LogP contribution in [0.25, 0.3) is 11.1 Å². The summed E-state index contributed by atoms with van der Waals surface area (Å²) in [4.78, 5) is 6.90. The normalized spacial score (nSPS) is 17.8. The molecule has 1 fully saturated rings. The smallest absolute Gasteiger partial charge is 0.124 e. The van der Waals surface area contributed by atoms with Gasteiger partial charge in [-0.2, -0.15) is 0 Å². The van der Waals surface area contributed by atoms with Crippen LogP contribution in [0.15, 0.2) is 65.8 Å². The second kappa shape index (κ2) is 8.80. The Morgan fingerprint density at radius 3 is 2.56 bits per heavy atom. The van der Waals surface area contributed by atoms with Crippen LogP contribution in [0, 0.1) is 0 Å². The fourth-order valence-corrected chi connectivity index (χ4v) is 4.75. The summed E-state index contributed by atoms with van der Waals surface area (Å²) in [5.74, 6) is 1.98. The van der Waals surface area contributed by atoms with Gasteiger partial charge in [0.05, 0.1) is 5.03 Å². The zero-order valence-corrected chi connectivity index (χ0v) is 19.8. The van der Waals surface area contributed by atoms with Crippen molar-refractivity contribution in [3.05, 3.63) is 71.9 Å². The summed E-state index contributed by atoms with van der Waals surface area (Å²) in [6.07, 6.45) is 6.39. The molecule has 0 bridgehead atoms. The standard InChI is InChI=1S/C27H30N2O2S/c1-27(2)13-12-21-14-19(4-10-25(21)31-27)16-29-17-24(18-29)30-23-8-5-20(6-9-23)22-7-11-26(32-3)28-15-22/h4-11,14-15,24H,12-13,16-18H2,1-3H3. The summed E-state index contributed by atoms with van der Waals surface area (Å²) in [5, 5.41) is 1.04. The van der Waals surface area contributed by atoms with Gasteiger partial charge in [-0.3, -0.25) is 4.90 Å². The van der Waals surface area contributed by atoms with E-state index in [2.05, 4.69) is 78.3 Å². The second-order valence-corrected chi connectivity index (χ2v) is 10.2. The SMILES string of the molecule is CSc1ccc(-c2ccc(OC3CN(Cc4ccc5c(c4)CCC(C)(C)O5)C3)cc2)cn1. The molecular formula is C27H30N2O2S. The monoisotopic (exact) mass is 446 g/mol. The number of aryl methyl sites for hydroxylation is 1. The molecule has 0 atom stereocenters. The molecule has 32 heavy (non-hydrogen) atoms. The Hall–Kier alpha value is -2.50. The lowest BCUT2D eigenvalue weighted by Gasteiger charge is -2.39. The summed E-state index contributed by atoms with van der Waals surface area (Å²) < 4.78 is 12.3. The van der Waals surface area contributed by atoms with Gasteiger partial charge in [0.1, 0.15) is 23.2 Å². The Balaban J connectivity index is 1.12. The molecule has 3 aromatic rings. The highest BCUT2D eigenvalue weighted by Crippen LogP contribution is 2.34. The van der Waals surface area contributed by atoms with Crippen LogP contribution >= 0.6 is 11.8 Å². The van der Waals surface area contributed by atoms with Gasteiger partial charge in [-0.05, 0) is 73.9 Å². The van der Waals surface area contributed by atoms with Crippen molar-refractivity contribution in [2.24, 2.45) is 0 Å². The highest BCUT2D eigenvalue weighted by molar-refractivity contribution is 7.98. The minimum absolute atomic E-state index is 0.0511. The molecule has 0 N–H and O–H groups in total. The lowest BCUT2D eigenvalue weighted by atomic mass is 9.93. The summed E-state index contributed by atoms with van der Waals surface area (Å²) in [6.45, 7) is 7.22. The highest BCUT2D eigenvalue weighted by atomic mass is 32.2. The summed E-state index contributed by atoms with van der Waals surface area (Å²) in [7, 11) is 0. The molecule has 0 aliphatic carbocycles. The Morgan fingerprint density at radius 2 is 1.84 bits per heavy atom. The van der Waals surface area contributed by atoms with E-state index in [1.54, 1.807) is 11.8 Å². The molecule has 4 nitrogen and oxygen atoms in total. The van der Waals surface area contributed by atoms with Crippen molar-refractivity contribution in [2.45, 2.75) is 50.0 Å². The van der Waals surface area contributed by atoms with Crippen LogP contribution < -0.4 is 9.47 Å². The topological polar surface area (TPSA) is 34.6 Å². The predicted octanol–water partition coefficient (Wildman–Crippen LogP) is 5.84. The first-order chi connectivity index (χ1) is 15.5. The molecule has 0 unspecified atom stereocenters. The maximum absolute atomic E-state index is 6.18. The predicted molar refractivity (Wildman–Crippen MR) is 131 cm³/mol. The maximum atomic E-state index is 6.18. The van der Waals surface area contributed by atoms with Gasteiger partial charge in [0.25, 0.3) is 0 Å². The van der Waals surface area contributed by atoms with Gasteiger partial charge >= 0.3 is 0 Å². The van der Waals surface area contributed by atoms with Gasteiger partial charge in [-0.15, -0.1) is 11.8 Å². The van der Waals surface area contributed by atoms with E-state index < -0.39 is 0 Å². The number of nitrogens with zero attached hydrogens (tertiary/aromatic N) is 2. The molecule has 166 valence electrons. The van der Waals surface area contributed by atoms with E-state index in [-0.39, 0.29) is 11.7 Å². The molecule has 0 saturated carbocycles. The number of thioether (sulfide) groups is 1. The summed E-state index contributed by atoms with van der Waals surface area (Å²) in [5.41, 5.74) is 4.94. The van der Waals surface area contributed by atoms with Crippen LogP contribution in [-0.2, 0) is 13.0 Å². The molecule has 5 heteroatoms. The van der Waals surface area contributed by atoms with E-state index in [1.807, 2.05) is 12.5 Å². The van der Waals surface area contributed by atoms with Crippen LogP contribution in [0.4, 0.5) is 0 Å². The minimum atomic E-state index is -0.0511.